The average Bonchev–Trinajstić information content (AvgIpc) is 2.72. The number of rotatable bonds is 7. The predicted octanol–water partition coefficient (Wildman–Crippen LogP) is 4.34. The molecule has 6 nitrogen and oxygen atoms in total. The Morgan fingerprint density at radius 1 is 1.03 bits per heavy atom. The highest BCUT2D eigenvalue weighted by Crippen LogP contribution is 2.27. The summed E-state index contributed by atoms with van der Waals surface area (Å²) in [5.74, 6) is -0.188. The number of ether oxygens (including phenoxy) is 1. The molecule has 1 heterocycles. The van der Waals surface area contributed by atoms with Crippen LogP contribution in [0, 0.1) is 0 Å². The summed E-state index contributed by atoms with van der Waals surface area (Å²) in [5.41, 5.74) is 1.91. The van der Waals surface area contributed by atoms with E-state index in [0.29, 0.717) is 33.6 Å². The highest BCUT2D eigenvalue weighted by atomic mass is 35.5. The Morgan fingerprint density at radius 3 is 2.66 bits per heavy atom. The number of nitrogens with zero attached hydrogens (tertiary/aromatic N) is 1. The zero-order chi connectivity index (χ0) is 20.6. The van der Waals surface area contributed by atoms with Gasteiger partial charge in [-0.1, -0.05) is 35.3 Å². The van der Waals surface area contributed by atoms with Gasteiger partial charge < -0.3 is 15.4 Å². The minimum absolute atomic E-state index is 0.205. The number of amides is 2. The molecule has 0 saturated heterocycles. The Bertz CT molecular complexity index is 1010. The van der Waals surface area contributed by atoms with Gasteiger partial charge in [-0.2, -0.15) is 0 Å². The van der Waals surface area contributed by atoms with Crippen LogP contribution in [0.4, 0.5) is 5.69 Å². The Balaban J connectivity index is 1.52. The van der Waals surface area contributed by atoms with E-state index in [1.807, 2.05) is 6.07 Å². The van der Waals surface area contributed by atoms with Crippen molar-refractivity contribution < 1.29 is 14.3 Å². The van der Waals surface area contributed by atoms with Gasteiger partial charge in [0, 0.05) is 29.6 Å². The fraction of sp³-hybridized carbons (Fsp3) is 0.0952. The van der Waals surface area contributed by atoms with Crippen molar-refractivity contribution in [3.8, 4) is 5.75 Å². The Hall–Kier alpha value is -3.09. The molecule has 8 heteroatoms. The van der Waals surface area contributed by atoms with Gasteiger partial charge in [-0.25, -0.2) is 0 Å². The first-order chi connectivity index (χ1) is 14.0. The molecule has 3 rings (SSSR count). The molecule has 0 radical (unpaired) electrons. The van der Waals surface area contributed by atoms with Gasteiger partial charge in [-0.3, -0.25) is 14.6 Å². The molecule has 0 spiro atoms. The van der Waals surface area contributed by atoms with Crippen LogP contribution in [0.15, 0.2) is 67.0 Å². The fourth-order valence-electron chi connectivity index (χ4n) is 2.47. The second-order valence-electron chi connectivity index (χ2n) is 6.04. The van der Waals surface area contributed by atoms with Gasteiger partial charge in [0.1, 0.15) is 5.75 Å². The molecule has 0 bridgehead atoms. The van der Waals surface area contributed by atoms with Crippen LogP contribution in [0.5, 0.6) is 5.75 Å². The third kappa shape index (κ3) is 6.20. The first-order valence-corrected chi connectivity index (χ1v) is 9.42. The molecule has 1 aromatic heterocycles. The maximum atomic E-state index is 12.1. The van der Waals surface area contributed by atoms with Gasteiger partial charge >= 0.3 is 0 Å². The summed E-state index contributed by atoms with van der Waals surface area (Å²) < 4.78 is 5.42. The van der Waals surface area contributed by atoms with Crippen molar-refractivity contribution in [2.24, 2.45) is 0 Å². The van der Waals surface area contributed by atoms with Crippen molar-refractivity contribution in [1.82, 2.24) is 10.3 Å². The summed E-state index contributed by atoms with van der Waals surface area (Å²) >= 11 is 11.9. The molecule has 2 amide bonds. The zero-order valence-corrected chi connectivity index (χ0v) is 16.7. The van der Waals surface area contributed by atoms with E-state index in [0.717, 1.165) is 5.56 Å². The molecule has 2 aromatic carbocycles. The van der Waals surface area contributed by atoms with Crippen LogP contribution < -0.4 is 15.4 Å². The van der Waals surface area contributed by atoms with E-state index in [2.05, 4.69) is 15.6 Å². The normalized spacial score (nSPS) is 10.3. The van der Waals surface area contributed by atoms with E-state index in [9.17, 15) is 9.59 Å². The summed E-state index contributed by atoms with van der Waals surface area (Å²) in [4.78, 5) is 28.2. The summed E-state index contributed by atoms with van der Waals surface area (Å²) in [5, 5.41) is 6.37. The van der Waals surface area contributed by atoms with E-state index in [-0.39, 0.29) is 18.4 Å². The molecule has 0 aliphatic carbocycles. The molecular formula is C21H17Cl2N3O3. The maximum absolute atomic E-state index is 12.1. The number of carbonyl (C=O) groups is 2. The molecule has 0 saturated carbocycles. The van der Waals surface area contributed by atoms with Crippen molar-refractivity contribution >= 4 is 40.7 Å². The lowest BCUT2D eigenvalue weighted by Gasteiger charge is -2.10. The molecule has 0 aliphatic heterocycles. The molecule has 3 aromatic rings. The Labute approximate surface area is 177 Å². The van der Waals surface area contributed by atoms with Gasteiger partial charge in [0.15, 0.2) is 6.61 Å². The van der Waals surface area contributed by atoms with Crippen LogP contribution in [0.25, 0.3) is 0 Å². The summed E-state index contributed by atoms with van der Waals surface area (Å²) in [6.45, 7) is 0.109. The first kappa shape index (κ1) is 20.6. The number of aromatic nitrogens is 1. The number of hydrogen-bond acceptors (Lipinski definition) is 4. The van der Waals surface area contributed by atoms with Gasteiger partial charge in [0.05, 0.1) is 10.6 Å². The summed E-state index contributed by atoms with van der Waals surface area (Å²) in [7, 11) is 0. The standard InChI is InChI=1S/C21H17Cl2N3O3/c22-16-6-7-19(18(23)10-16)29-13-20(27)26-17-5-1-3-14(9-17)11-25-21(28)15-4-2-8-24-12-15/h1-10,12H,11,13H2,(H,25,28)(H,26,27). The van der Waals surface area contributed by atoms with E-state index < -0.39 is 0 Å². The van der Waals surface area contributed by atoms with Gasteiger partial charge in [0.25, 0.3) is 11.8 Å². The molecule has 0 unspecified atom stereocenters. The number of benzene rings is 2. The van der Waals surface area contributed by atoms with E-state index in [1.165, 1.54) is 6.20 Å². The number of carbonyl (C=O) groups excluding carboxylic acids is 2. The topological polar surface area (TPSA) is 80.3 Å². The van der Waals surface area contributed by atoms with E-state index in [4.69, 9.17) is 27.9 Å². The first-order valence-electron chi connectivity index (χ1n) is 8.66. The minimum atomic E-state index is -0.340. The minimum Gasteiger partial charge on any atom is -0.482 e. The third-order valence-electron chi connectivity index (χ3n) is 3.84. The van der Waals surface area contributed by atoms with Gasteiger partial charge in [-0.05, 0) is 48.0 Å². The molecular weight excluding hydrogens is 413 g/mol. The lowest BCUT2D eigenvalue weighted by atomic mass is 10.2. The number of nitrogens with one attached hydrogen (secondary N) is 2. The van der Waals surface area contributed by atoms with Crippen molar-refractivity contribution in [2.45, 2.75) is 6.54 Å². The average molecular weight is 430 g/mol. The van der Waals surface area contributed by atoms with Crippen molar-refractivity contribution in [2.75, 3.05) is 11.9 Å². The Morgan fingerprint density at radius 2 is 1.90 bits per heavy atom. The SMILES string of the molecule is O=C(COc1ccc(Cl)cc1Cl)Nc1cccc(CNC(=O)c2cccnc2)c1. The van der Waals surface area contributed by atoms with Crippen molar-refractivity contribution in [3.05, 3.63) is 88.2 Å². The molecule has 2 N–H and O–H groups in total. The van der Waals surface area contributed by atoms with Crippen LogP contribution in [0.2, 0.25) is 10.0 Å². The fourth-order valence-corrected chi connectivity index (χ4v) is 2.94. The highest BCUT2D eigenvalue weighted by molar-refractivity contribution is 6.35. The Kier molecular flexibility index (Phi) is 7.05. The molecule has 0 fully saturated rings. The second-order valence-corrected chi connectivity index (χ2v) is 6.88. The van der Waals surface area contributed by atoms with Crippen LogP contribution in [0.3, 0.4) is 0 Å². The number of pyridine rings is 1. The molecule has 148 valence electrons. The summed E-state index contributed by atoms with van der Waals surface area (Å²) in [6.07, 6.45) is 3.10. The largest absolute Gasteiger partial charge is 0.482 e. The third-order valence-corrected chi connectivity index (χ3v) is 4.37. The maximum Gasteiger partial charge on any atom is 0.262 e. The lowest BCUT2D eigenvalue weighted by Crippen LogP contribution is -2.23. The van der Waals surface area contributed by atoms with Gasteiger partial charge in [-0.15, -0.1) is 0 Å². The highest BCUT2D eigenvalue weighted by Gasteiger charge is 2.08. The lowest BCUT2D eigenvalue weighted by molar-refractivity contribution is -0.118. The molecule has 0 aliphatic rings. The number of anilines is 1. The number of hydrogen-bond donors (Lipinski definition) is 2. The van der Waals surface area contributed by atoms with Crippen LogP contribution in [0.1, 0.15) is 15.9 Å². The van der Waals surface area contributed by atoms with Crippen molar-refractivity contribution in [3.63, 3.8) is 0 Å². The van der Waals surface area contributed by atoms with Crippen molar-refractivity contribution in [1.29, 1.82) is 0 Å². The zero-order valence-electron chi connectivity index (χ0n) is 15.2. The summed E-state index contributed by atoms with van der Waals surface area (Å²) in [6, 6.07) is 15.3. The van der Waals surface area contributed by atoms with Gasteiger partial charge in [0.2, 0.25) is 0 Å². The smallest absolute Gasteiger partial charge is 0.262 e. The molecule has 29 heavy (non-hydrogen) atoms. The quantitative estimate of drug-likeness (QED) is 0.585. The predicted molar refractivity (Wildman–Crippen MR) is 112 cm³/mol. The number of halogens is 2. The molecule has 0 atom stereocenters. The van der Waals surface area contributed by atoms with Crippen LogP contribution >= 0.6 is 23.2 Å². The monoisotopic (exact) mass is 429 g/mol. The van der Waals surface area contributed by atoms with E-state index >= 15 is 0 Å². The van der Waals surface area contributed by atoms with Crippen LogP contribution in [-0.4, -0.2) is 23.4 Å². The second kappa shape index (κ2) is 9.91. The van der Waals surface area contributed by atoms with Crippen LogP contribution in [-0.2, 0) is 11.3 Å². The van der Waals surface area contributed by atoms with E-state index in [1.54, 1.807) is 54.7 Å².